The molecule has 1 atom stereocenters. The second-order valence-corrected chi connectivity index (χ2v) is 10.2. The van der Waals surface area contributed by atoms with Crippen molar-refractivity contribution in [3.63, 3.8) is 0 Å². The Morgan fingerprint density at radius 2 is 1.74 bits per heavy atom. The summed E-state index contributed by atoms with van der Waals surface area (Å²) >= 11 is 0. The van der Waals surface area contributed by atoms with Gasteiger partial charge < -0.3 is 14.2 Å². The van der Waals surface area contributed by atoms with Crippen molar-refractivity contribution in [3.05, 3.63) is 11.7 Å². The molecule has 2 N–H and O–H groups in total. The fourth-order valence-electron chi connectivity index (χ4n) is 6.24. The van der Waals surface area contributed by atoms with E-state index in [0.717, 1.165) is 25.8 Å². The second-order valence-electron chi connectivity index (χ2n) is 10.2. The van der Waals surface area contributed by atoms with Crippen LogP contribution in [0.5, 0.6) is 0 Å². The normalized spacial score (nSPS) is 31.8. The third kappa shape index (κ3) is 4.60. The standard InChI is InChI=1S/C21H31F3N4O3/c1-28(2)6-4-3-5-20(25,30-18(29)21(22,23)24)17-26-16(27-31-17)19-10-13-7-14(11-19)9-15(8-13)12-19/h13-15H,3-12,25H2,1-2H3/t13?,14?,15?,19?,20-/m0/s1. The van der Waals surface area contributed by atoms with Gasteiger partial charge in [0.25, 0.3) is 5.89 Å². The molecule has 31 heavy (non-hydrogen) atoms. The highest BCUT2D eigenvalue weighted by Gasteiger charge is 2.55. The molecule has 0 aromatic carbocycles. The number of hydrogen-bond donors (Lipinski definition) is 1. The Bertz CT molecular complexity index is 775. The van der Waals surface area contributed by atoms with Gasteiger partial charge in [0.05, 0.1) is 0 Å². The van der Waals surface area contributed by atoms with Gasteiger partial charge in [0.2, 0.25) is 5.72 Å². The van der Waals surface area contributed by atoms with Gasteiger partial charge in [-0.3, -0.25) is 5.73 Å². The maximum absolute atomic E-state index is 12.9. The fraction of sp³-hybridized carbons (Fsp3) is 0.857. The van der Waals surface area contributed by atoms with E-state index in [9.17, 15) is 18.0 Å². The Morgan fingerprint density at radius 3 is 2.26 bits per heavy atom. The van der Waals surface area contributed by atoms with Crippen molar-refractivity contribution in [3.8, 4) is 0 Å². The summed E-state index contributed by atoms with van der Waals surface area (Å²) < 4.78 is 48.8. The van der Waals surface area contributed by atoms with E-state index in [-0.39, 0.29) is 17.7 Å². The average molecular weight is 444 g/mol. The predicted octanol–water partition coefficient (Wildman–Crippen LogP) is 3.49. The molecule has 174 valence electrons. The minimum Gasteiger partial charge on any atom is -0.428 e. The number of ether oxygens (including phenoxy) is 1. The molecule has 1 aromatic rings. The lowest BCUT2D eigenvalue weighted by atomic mass is 9.49. The SMILES string of the molecule is CN(C)CCCC[C@](N)(OC(=O)C(F)(F)F)c1nc(C23CC4CC(CC(C4)C2)C3)no1. The fourth-order valence-corrected chi connectivity index (χ4v) is 6.24. The molecule has 4 fully saturated rings. The first-order valence-electron chi connectivity index (χ1n) is 11.1. The molecule has 0 saturated heterocycles. The highest BCUT2D eigenvalue weighted by Crippen LogP contribution is 2.60. The molecule has 4 saturated carbocycles. The molecule has 1 aromatic heterocycles. The zero-order valence-electron chi connectivity index (χ0n) is 18.1. The molecule has 4 aliphatic rings. The summed E-state index contributed by atoms with van der Waals surface area (Å²) in [5, 5.41) is 4.15. The van der Waals surface area contributed by atoms with Gasteiger partial charge >= 0.3 is 12.1 Å². The molecule has 0 amide bonds. The van der Waals surface area contributed by atoms with Crippen molar-refractivity contribution in [1.82, 2.24) is 15.0 Å². The molecule has 10 heteroatoms. The lowest BCUT2D eigenvalue weighted by Crippen LogP contribution is -2.49. The van der Waals surface area contributed by atoms with Gasteiger partial charge in [0.1, 0.15) is 0 Å². The molecule has 4 aliphatic carbocycles. The van der Waals surface area contributed by atoms with Gasteiger partial charge in [-0.2, -0.15) is 18.2 Å². The number of carbonyl (C=O) groups is 1. The van der Waals surface area contributed by atoms with Gasteiger partial charge in [0, 0.05) is 11.8 Å². The first-order valence-corrected chi connectivity index (χ1v) is 11.1. The largest absolute Gasteiger partial charge is 0.491 e. The summed E-state index contributed by atoms with van der Waals surface area (Å²) in [7, 11) is 3.80. The maximum atomic E-state index is 12.9. The van der Waals surface area contributed by atoms with E-state index in [1.54, 1.807) is 0 Å². The van der Waals surface area contributed by atoms with Crippen molar-refractivity contribution in [2.45, 2.75) is 75.1 Å². The van der Waals surface area contributed by atoms with Crippen molar-refractivity contribution in [2.24, 2.45) is 23.5 Å². The van der Waals surface area contributed by atoms with Crippen LogP contribution >= 0.6 is 0 Å². The minimum atomic E-state index is -5.16. The number of halogens is 3. The summed E-state index contributed by atoms with van der Waals surface area (Å²) in [6.07, 6.45) is 2.55. The van der Waals surface area contributed by atoms with Crippen molar-refractivity contribution in [2.75, 3.05) is 20.6 Å². The number of nitrogens with zero attached hydrogens (tertiary/aromatic N) is 3. The third-order valence-electron chi connectivity index (χ3n) is 7.21. The first kappa shape index (κ1) is 22.5. The van der Waals surface area contributed by atoms with Crippen molar-refractivity contribution >= 4 is 5.97 Å². The second kappa shape index (κ2) is 8.03. The number of alkyl halides is 3. The molecule has 0 aliphatic heterocycles. The van der Waals surface area contributed by atoms with Crippen LogP contribution in [0.2, 0.25) is 0 Å². The van der Waals surface area contributed by atoms with Crippen LogP contribution in [-0.4, -0.2) is 47.8 Å². The number of aromatic nitrogens is 2. The molecule has 0 radical (unpaired) electrons. The average Bonchev–Trinajstić information content (AvgIpc) is 3.15. The molecule has 5 rings (SSSR count). The zero-order chi connectivity index (χ0) is 22.4. The minimum absolute atomic E-state index is 0.0365. The molecular weight excluding hydrogens is 413 g/mol. The molecule has 1 heterocycles. The Morgan fingerprint density at radius 1 is 1.16 bits per heavy atom. The van der Waals surface area contributed by atoms with E-state index in [1.807, 2.05) is 19.0 Å². The zero-order valence-corrected chi connectivity index (χ0v) is 18.1. The van der Waals surface area contributed by atoms with Gasteiger partial charge in [0.15, 0.2) is 5.82 Å². The summed E-state index contributed by atoms with van der Waals surface area (Å²) in [5.74, 6) is -0.162. The van der Waals surface area contributed by atoms with E-state index in [1.165, 1.54) is 19.3 Å². The smallest absolute Gasteiger partial charge is 0.428 e. The monoisotopic (exact) mass is 444 g/mol. The number of nitrogens with two attached hydrogens (primary N) is 1. The Balaban J connectivity index is 1.55. The lowest BCUT2D eigenvalue weighted by Gasteiger charge is -2.55. The van der Waals surface area contributed by atoms with Gasteiger partial charge in [-0.25, -0.2) is 4.79 Å². The van der Waals surface area contributed by atoms with E-state index < -0.39 is 17.9 Å². The van der Waals surface area contributed by atoms with E-state index >= 15 is 0 Å². The number of rotatable bonds is 8. The van der Waals surface area contributed by atoms with Gasteiger partial charge in [-0.1, -0.05) is 5.16 Å². The van der Waals surface area contributed by atoms with E-state index in [2.05, 4.69) is 10.1 Å². The number of esters is 1. The summed E-state index contributed by atoms with van der Waals surface area (Å²) in [6.45, 7) is 0.728. The summed E-state index contributed by atoms with van der Waals surface area (Å²) in [6, 6.07) is 0. The van der Waals surface area contributed by atoms with Crippen molar-refractivity contribution in [1.29, 1.82) is 0 Å². The molecule has 0 spiro atoms. The number of hydrogen-bond acceptors (Lipinski definition) is 7. The molecule has 7 nitrogen and oxygen atoms in total. The highest BCUT2D eigenvalue weighted by molar-refractivity contribution is 5.76. The van der Waals surface area contributed by atoms with Crippen LogP contribution in [0, 0.1) is 17.8 Å². The molecule has 4 bridgehead atoms. The maximum Gasteiger partial charge on any atom is 0.491 e. The topological polar surface area (TPSA) is 94.5 Å². The quantitative estimate of drug-likeness (QED) is 0.373. The number of unbranched alkanes of at least 4 members (excludes halogenated alkanes) is 1. The molecular formula is C21H31F3N4O3. The van der Waals surface area contributed by atoms with Crippen LogP contribution in [0.4, 0.5) is 13.2 Å². The van der Waals surface area contributed by atoms with Crippen LogP contribution in [-0.2, 0) is 20.7 Å². The first-order chi connectivity index (χ1) is 14.5. The molecule has 0 unspecified atom stereocenters. The highest BCUT2D eigenvalue weighted by atomic mass is 19.4. The predicted molar refractivity (Wildman–Crippen MR) is 105 cm³/mol. The Hall–Kier alpha value is -1.68. The Labute approximate surface area is 179 Å². The van der Waals surface area contributed by atoms with E-state index in [4.69, 9.17) is 15.0 Å². The van der Waals surface area contributed by atoms with Crippen LogP contribution in [0.3, 0.4) is 0 Å². The summed E-state index contributed by atoms with van der Waals surface area (Å²) in [5.41, 5.74) is 3.88. The third-order valence-corrected chi connectivity index (χ3v) is 7.21. The van der Waals surface area contributed by atoms with Crippen LogP contribution < -0.4 is 5.73 Å². The van der Waals surface area contributed by atoms with E-state index in [0.29, 0.717) is 36.4 Å². The van der Waals surface area contributed by atoms with Crippen molar-refractivity contribution < 1.29 is 27.2 Å². The van der Waals surface area contributed by atoms with Gasteiger partial charge in [-0.05, 0) is 89.8 Å². The van der Waals surface area contributed by atoms with Crippen LogP contribution in [0.25, 0.3) is 0 Å². The van der Waals surface area contributed by atoms with Gasteiger partial charge in [-0.15, -0.1) is 0 Å². The number of carbonyl (C=O) groups excluding carboxylic acids is 1. The Kier molecular flexibility index (Phi) is 5.83. The van der Waals surface area contributed by atoms with Crippen LogP contribution in [0.15, 0.2) is 4.52 Å². The lowest BCUT2D eigenvalue weighted by molar-refractivity contribution is -0.218. The summed E-state index contributed by atoms with van der Waals surface area (Å²) in [4.78, 5) is 18.0. The van der Waals surface area contributed by atoms with Crippen LogP contribution in [0.1, 0.15) is 69.5 Å².